The molecule has 12 heavy (non-hydrogen) atoms. The van der Waals surface area contributed by atoms with Gasteiger partial charge in [-0.2, -0.15) is 4.80 Å². The Kier molecular flexibility index (Phi) is 2.62. The van der Waals surface area contributed by atoms with Gasteiger partial charge in [-0.15, -0.1) is 5.10 Å². The van der Waals surface area contributed by atoms with Crippen molar-refractivity contribution >= 4 is 31.9 Å². The lowest BCUT2D eigenvalue weighted by atomic mass is 11.1. The van der Waals surface area contributed by atoms with E-state index < -0.39 is 10.0 Å². The van der Waals surface area contributed by atoms with Gasteiger partial charge in [0.15, 0.2) is 0 Å². The number of halogens is 1. The Morgan fingerprint density at radius 1 is 1.67 bits per heavy atom. The number of alkyl halides is 1. The average Bonchev–Trinajstić information content (AvgIpc) is 2.35. The van der Waals surface area contributed by atoms with Crippen LogP contribution in [0.5, 0.6) is 0 Å². The highest BCUT2D eigenvalue weighted by Crippen LogP contribution is 2.00. The Hall–Kier alpha value is -0.700. The summed E-state index contributed by atoms with van der Waals surface area (Å²) in [4.78, 5) is 1.16. The van der Waals surface area contributed by atoms with Gasteiger partial charge in [0.25, 0.3) is 5.95 Å². The van der Waals surface area contributed by atoms with E-state index in [9.17, 15) is 8.42 Å². The first-order valence-electron chi connectivity index (χ1n) is 2.84. The summed E-state index contributed by atoms with van der Waals surface area (Å²) in [6, 6.07) is 0. The van der Waals surface area contributed by atoms with E-state index in [4.69, 9.17) is 0 Å². The van der Waals surface area contributed by atoms with Gasteiger partial charge in [0, 0.05) is 0 Å². The highest BCUT2D eigenvalue weighted by Gasteiger charge is 2.10. The number of hydrogen-bond acceptors (Lipinski definition) is 5. The average molecular weight is 256 g/mol. The first-order chi connectivity index (χ1) is 5.53. The van der Waals surface area contributed by atoms with Gasteiger partial charge in [0.1, 0.15) is 4.66 Å². The van der Waals surface area contributed by atoms with Crippen LogP contribution in [0, 0.1) is 0 Å². The van der Waals surface area contributed by atoms with Gasteiger partial charge in [0.2, 0.25) is 10.0 Å². The summed E-state index contributed by atoms with van der Waals surface area (Å²) in [6.07, 6.45) is 0. The van der Waals surface area contributed by atoms with Gasteiger partial charge in [-0.25, -0.2) is 13.1 Å². The van der Waals surface area contributed by atoms with E-state index in [1.807, 2.05) is 0 Å². The lowest BCUT2D eigenvalue weighted by molar-refractivity contribution is 0.605. The standard InChI is InChI=1S/C3H6BrN5O2S/c1-9-6-3(5-8-9)7-12(10,11)2-4/h2H2,1H3,(H,6,7). The Balaban J connectivity index is 2.77. The third kappa shape index (κ3) is 2.41. The van der Waals surface area contributed by atoms with Gasteiger partial charge >= 0.3 is 0 Å². The number of nitrogens with one attached hydrogen (secondary N) is 1. The van der Waals surface area contributed by atoms with E-state index in [0.717, 1.165) is 4.80 Å². The molecule has 0 aliphatic heterocycles. The largest absolute Gasteiger partial charge is 0.276 e. The normalized spacial score (nSPS) is 11.5. The topological polar surface area (TPSA) is 89.8 Å². The van der Waals surface area contributed by atoms with Crippen molar-refractivity contribution in [2.24, 2.45) is 7.05 Å². The summed E-state index contributed by atoms with van der Waals surface area (Å²) in [5, 5.41) is 10.5. The summed E-state index contributed by atoms with van der Waals surface area (Å²) >= 11 is 2.80. The molecule has 9 heteroatoms. The molecule has 1 heterocycles. The lowest BCUT2D eigenvalue weighted by Crippen LogP contribution is -2.14. The lowest BCUT2D eigenvalue weighted by Gasteiger charge is -1.96. The van der Waals surface area contributed by atoms with Crippen molar-refractivity contribution in [1.82, 2.24) is 20.2 Å². The minimum atomic E-state index is -3.37. The van der Waals surface area contributed by atoms with E-state index in [1.165, 1.54) is 0 Å². The monoisotopic (exact) mass is 255 g/mol. The maximum atomic E-state index is 10.9. The molecule has 1 rings (SSSR count). The molecule has 0 aliphatic rings. The van der Waals surface area contributed by atoms with Crippen LogP contribution in [0.3, 0.4) is 0 Å². The highest BCUT2D eigenvalue weighted by atomic mass is 79.9. The second kappa shape index (κ2) is 3.35. The van der Waals surface area contributed by atoms with Crippen LogP contribution in [-0.4, -0.2) is 33.3 Å². The molecular weight excluding hydrogens is 250 g/mol. The Bertz CT molecular complexity index is 359. The number of sulfonamides is 1. The smallest absolute Gasteiger partial charge is 0.248 e. The number of aryl methyl sites for hydroxylation is 1. The zero-order chi connectivity index (χ0) is 9.19. The third-order valence-corrected chi connectivity index (χ3v) is 3.49. The van der Waals surface area contributed by atoms with Crippen molar-refractivity contribution in [3.8, 4) is 0 Å². The van der Waals surface area contributed by atoms with Gasteiger partial charge in [-0.05, 0) is 5.21 Å². The Morgan fingerprint density at radius 2 is 2.33 bits per heavy atom. The molecule has 0 aromatic carbocycles. The molecule has 0 amide bonds. The molecule has 1 aromatic heterocycles. The highest BCUT2D eigenvalue weighted by molar-refractivity contribution is 9.10. The zero-order valence-electron chi connectivity index (χ0n) is 6.10. The minimum Gasteiger partial charge on any atom is -0.248 e. The van der Waals surface area contributed by atoms with E-state index in [2.05, 4.69) is 36.1 Å². The van der Waals surface area contributed by atoms with E-state index in [0.29, 0.717) is 0 Å². The molecule has 0 spiro atoms. The van der Waals surface area contributed by atoms with Crippen LogP contribution < -0.4 is 4.72 Å². The fourth-order valence-corrected chi connectivity index (χ4v) is 1.25. The number of tetrazole rings is 1. The summed E-state index contributed by atoms with van der Waals surface area (Å²) in [5.41, 5.74) is 0. The predicted octanol–water partition coefficient (Wildman–Crippen LogP) is -0.696. The van der Waals surface area contributed by atoms with Crippen molar-refractivity contribution in [3.63, 3.8) is 0 Å². The summed E-state index contributed by atoms with van der Waals surface area (Å²) in [6.45, 7) is 0. The van der Waals surface area contributed by atoms with E-state index in [1.54, 1.807) is 7.05 Å². The fraction of sp³-hybridized carbons (Fsp3) is 0.667. The number of nitrogens with zero attached hydrogens (tertiary/aromatic N) is 4. The van der Waals surface area contributed by atoms with Crippen LogP contribution in [0.15, 0.2) is 0 Å². The number of hydrogen-bond donors (Lipinski definition) is 1. The molecule has 0 saturated carbocycles. The number of anilines is 1. The second-order valence-corrected chi connectivity index (χ2v) is 4.95. The summed E-state index contributed by atoms with van der Waals surface area (Å²) in [5.74, 6) is -0.0306. The summed E-state index contributed by atoms with van der Waals surface area (Å²) in [7, 11) is -1.83. The molecule has 68 valence electrons. The molecule has 1 N–H and O–H groups in total. The minimum absolute atomic E-state index is 0.0306. The van der Waals surface area contributed by atoms with Gasteiger partial charge < -0.3 is 0 Å². The first kappa shape index (κ1) is 9.39. The Morgan fingerprint density at radius 3 is 2.75 bits per heavy atom. The summed E-state index contributed by atoms with van der Waals surface area (Å²) < 4.78 is 23.7. The fourth-order valence-electron chi connectivity index (χ4n) is 0.491. The molecule has 0 fully saturated rings. The SMILES string of the molecule is Cn1nnc(NS(=O)(=O)CBr)n1. The first-order valence-corrected chi connectivity index (χ1v) is 5.61. The van der Waals surface area contributed by atoms with Crippen LogP contribution in [0.2, 0.25) is 0 Å². The quantitative estimate of drug-likeness (QED) is 0.722. The predicted molar refractivity (Wildman–Crippen MR) is 45.1 cm³/mol. The zero-order valence-corrected chi connectivity index (χ0v) is 8.50. The molecule has 0 radical (unpaired) electrons. The van der Waals surface area contributed by atoms with Crippen molar-refractivity contribution < 1.29 is 8.42 Å². The molecule has 0 unspecified atom stereocenters. The molecule has 0 atom stereocenters. The Labute approximate surface area is 77.3 Å². The molecule has 0 bridgehead atoms. The maximum Gasteiger partial charge on any atom is 0.276 e. The second-order valence-electron chi connectivity index (χ2n) is 1.93. The molecule has 0 saturated heterocycles. The molecule has 7 nitrogen and oxygen atoms in total. The van der Waals surface area contributed by atoms with Gasteiger partial charge in [-0.3, -0.25) is 0 Å². The van der Waals surface area contributed by atoms with Crippen LogP contribution in [0.25, 0.3) is 0 Å². The number of aromatic nitrogens is 4. The molecular formula is C3H6BrN5O2S. The van der Waals surface area contributed by atoms with Crippen LogP contribution >= 0.6 is 15.9 Å². The molecule has 0 aliphatic carbocycles. The number of rotatable bonds is 3. The van der Waals surface area contributed by atoms with Gasteiger partial charge in [0.05, 0.1) is 7.05 Å². The van der Waals surface area contributed by atoms with Crippen molar-refractivity contribution in [1.29, 1.82) is 0 Å². The van der Waals surface area contributed by atoms with E-state index >= 15 is 0 Å². The van der Waals surface area contributed by atoms with Crippen molar-refractivity contribution in [2.45, 2.75) is 0 Å². The van der Waals surface area contributed by atoms with Crippen LogP contribution in [0.4, 0.5) is 5.95 Å². The molecule has 1 aromatic rings. The third-order valence-electron chi connectivity index (χ3n) is 0.899. The van der Waals surface area contributed by atoms with Crippen molar-refractivity contribution in [2.75, 3.05) is 9.38 Å². The maximum absolute atomic E-state index is 10.9. The van der Waals surface area contributed by atoms with Crippen LogP contribution in [-0.2, 0) is 17.1 Å². The van der Waals surface area contributed by atoms with Crippen molar-refractivity contribution in [3.05, 3.63) is 0 Å². The van der Waals surface area contributed by atoms with Crippen LogP contribution in [0.1, 0.15) is 0 Å². The van der Waals surface area contributed by atoms with Gasteiger partial charge in [-0.1, -0.05) is 21.0 Å². The van der Waals surface area contributed by atoms with E-state index in [-0.39, 0.29) is 10.6 Å².